The van der Waals surface area contributed by atoms with E-state index in [0.29, 0.717) is 35.5 Å². The number of hydrogen-bond donors (Lipinski definition) is 2. The highest BCUT2D eigenvalue weighted by Crippen LogP contribution is 2.27. The summed E-state index contributed by atoms with van der Waals surface area (Å²) in [4.78, 5) is 13.9. The van der Waals surface area contributed by atoms with E-state index in [-0.39, 0.29) is 12.6 Å². The van der Waals surface area contributed by atoms with Crippen LogP contribution in [0.3, 0.4) is 0 Å². The van der Waals surface area contributed by atoms with Crippen LogP contribution < -0.4 is 10.1 Å². The van der Waals surface area contributed by atoms with Crippen molar-refractivity contribution in [3.05, 3.63) is 23.2 Å². The van der Waals surface area contributed by atoms with Gasteiger partial charge in [-0.1, -0.05) is 11.6 Å². The molecule has 2 N–H and O–H groups in total. The van der Waals surface area contributed by atoms with Crippen LogP contribution in [0.25, 0.3) is 0 Å². The lowest BCUT2D eigenvalue weighted by Crippen LogP contribution is -2.41. The molecule has 0 spiro atoms. The number of nitrogens with one attached hydrogen (secondary N) is 1. The molecule has 1 aromatic carbocycles. The van der Waals surface area contributed by atoms with Crippen LogP contribution in [0.1, 0.15) is 12.8 Å². The molecule has 1 fully saturated rings. The van der Waals surface area contributed by atoms with E-state index in [1.807, 2.05) is 0 Å². The van der Waals surface area contributed by atoms with E-state index in [1.54, 1.807) is 30.2 Å². The molecule has 6 heteroatoms. The molecule has 0 aromatic heterocycles. The maximum atomic E-state index is 12.1. The van der Waals surface area contributed by atoms with Crippen molar-refractivity contribution < 1.29 is 14.6 Å². The minimum Gasteiger partial charge on any atom is -0.497 e. The highest BCUT2D eigenvalue weighted by atomic mass is 35.5. The van der Waals surface area contributed by atoms with Gasteiger partial charge in [0.05, 0.1) is 17.8 Å². The van der Waals surface area contributed by atoms with Crippen LogP contribution in [0.4, 0.5) is 10.5 Å². The zero-order valence-electron chi connectivity index (χ0n) is 11.4. The summed E-state index contributed by atoms with van der Waals surface area (Å²) in [6.45, 7) is 1.51. The van der Waals surface area contributed by atoms with Crippen molar-refractivity contribution in [1.82, 2.24) is 4.90 Å². The number of methoxy groups -OCH3 is 1. The number of benzene rings is 1. The van der Waals surface area contributed by atoms with E-state index in [9.17, 15) is 4.79 Å². The number of piperidine rings is 1. The molecule has 0 bridgehead atoms. The second-order valence-electron chi connectivity index (χ2n) is 4.89. The zero-order valence-corrected chi connectivity index (χ0v) is 12.2. The van der Waals surface area contributed by atoms with Gasteiger partial charge in [0, 0.05) is 25.8 Å². The monoisotopic (exact) mass is 298 g/mol. The molecule has 1 saturated heterocycles. The molecule has 0 saturated carbocycles. The van der Waals surface area contributed by atoms with Crippen molar-refractivity contribution in [2.75, 3.05) is 32.1 Å². The number of nitrogens with zero attached hydrogens (tertiary/aromatic N) is 1. The van der Waals surface area contributed by atoms with Gasteiger partial charge >= 0.3 is 6.03 Å². The van der Waals surface area contributed by atoms with Gasteiger partial charge in [-0.05, 0) is 30.9 Å². The van der Waals surface area contributed by atoms with Gasteiger partial charge in [0.2, 0.25) is 0 Å². The van der Waals surface area contributed by atoms with Crippen LogP contribution in [0, 0.1) is 5.92 Å². The first-order valence-corrected chi connectivity index (χ1v) is 7.02. The summed E-state index contributed by atoms with van der Waals surface area (Å²) in [7, 11) is 1.56. The number of carbonyl (C=O) groups is 1. The number of amides is 2. The summed E-state index contributed by atoms with van der Waals surface area (Å²) >= 11 is 6.09. The van der Waals surface area contributed by atoms with Crippen LogP contribution >= 0.6 is 11.6 Å². The van der Waals surface area contributed by atoms with Crippen molar-refractivity contribution in [1.29, 1.82) is 0 Å². The predicted octanol–water partition coefficient (Wildman–Crippen LogP) is 2.58. The summed E-state index contributed by atoms with van der Waals surface area (Å²) in [5.41, 5.74) is 0.571. The van der Waals surface area contributed by atoms with E-state index in [4.69, 9.17) is 21.4 Å². The lowest BCUT2D eigenvalue weighted by atomic mass is 9.98. The zero-order chi connectivity index (χ0) is 14.5. The smallest absolute Gasteiger partial charge is 0.321 e. The van der Waals surface area contributed by atoms with Gasteiger partial charge in [0.15, 0.2) is 0 Å². The molecule has 1 aliphatic heterocycles. The summed E-state index contributed by atoms with van der Waals surface area (Å²) < 4.78 is 5.06. The van der Waals surface area contributed by atoms with Crippen LogP contribution in [-0.2, 0) is 0 Å². The number of rotatable bonds is 3. The molecule has 0 radical (unpaired) electrons. The molecule has 0 atom stereocenters. The normalized spacial score (nSPS) is 16.1. The molecule has 2 rings (SSSR count). The Morgan fingerprint density at radius 3 is 2.75 bits per heavy atom. The Bertz CT molecular complexity index is 473. The number of anilines is 1. The van der Waals surface area contributed by atoms with Gasteiger partial charge in [0.1, 0.15) is 5.75 Å². The number of urea groups is 1. The number of ether oxygens (including phenoxy) is 1. The molecule has 110 valence electrons. The third-order valence-electron chi connectivity index (χ3n) is 3.58. The van der Waals surface area contributed by atoms with Crippen LogP contribution in [0.2, 0.25) is 5.02 Å². The van der Waals surface area contributed by atoms with Crippen LogP contribution in [0.15, 0.2) is 18.2 Å². The lowest BCUT2D eigenvalue weighted by Gasteiger charge is -2.31. The van der Waals surface area contributed by atoms with Gasteiger partial charge in [0.25, 0.3) is 0 Å². The number of likely N-dealkylation sites (tertiary alicyclic amines) is 1. The fourth-order valence-corrected chi connectivity index (χ4v) is 2.45. The minimum absolute atomic E-state index is 0.159. The average Bonchev–Trinajstić information content (AvgIpc) is 2.49. The van der Waals surface area contributed by atoms with Gasteiger partial charge in [-0.15, -0.1) is 0 Å². The number of halogens is 1. The molecule has 1 heterocycles. The predicted molar refractivity (Wildman–Crippen MR) is 78.4 cm³/mol. The first-order valence-electron chi connectivity index (χ1n) is 6.64. The summed E-state index contributed by atoms with van der Waals surface area (Å²) in [6.07, 6.45) is 1.67. The molecule has 0 aliphatic carbocycles. The third-order valence-corrected chi connectivity index (χ3v) is 3.89. The Balaban J connectivity index is 1.95. The maximum absolute atomic E-state index is 12.1. The molecule has 5 nitrogen and oxygen atoms in total. The lowest BCUT2D eigenvalue weighted by molar-refractivity contribution is 0.143. The minimum atomic E-state index is -0.159. The van der Waals surface area contributed by atoms with Crippen molar-refractivity contribution in [2.24, 2.45) is 5.92 Å². The molecule has 1 aliphatic rings. The molecule has 0 unspecified atom stereocenters. The van der Waals surface area contributed by atoms with Crippen molar-refractivity contribution in [3.8, 4) is 5.75 Å². The summed E-state index contributed by atoms with van der Waals surface area (Å²) in [5, 5.41) is 12.3. The average molecular weight is 299 g/mol. The van der Waals surface area contributed by atoms with E-state index in [1.165, 1.54) is 0 Å². The Labute approximate surface area is 123 Å². The number of aliphatic hydroxyl groups is 1. The Morgan fingerprint density at radius 2 is 2.20 bits per heavy atom. The van der Waals surface area contributed by atoms with Crippen LogP contribution in [0.5, 0.6) is 5.75 Å². The van der Waals surface area contributed by atoms with E-state index < -0.39 is 0 Å². The first kappa shape index (κ1) is 14.9. The Hall–Kier alpha value is -1.46. The highest BCUT2D eigenvalue weighted by Gasteiger charge is 2.22. The molecular formula is C14H19ClN2O3. The van der Waals surface area contributed by atoms with E-state index >= 15 is 0 Å². The SMILES string of the molecule is COc1ccc(NC(=O)N2CCC(CO)CC2)c(Cl)c1. The fraction of sp³-hybridized carbons (Fsp3) is 0.500. The molecule has 1 aromatic rings. The second kappa shape index (κ2) is 6.81. The second-order valence-corrected chi connectivity index (χ2v) is 5.30. The fourth-order valence-electron chi connectivity index (χ4n) is 2.24. The van der Waals surface area contributed by atoms with E-state index in [2.05, 4.69) is 5.32 Å². The third kappa shape index (κ3) is 3.55. The molecular weight excluding hydrogens is 280 g/mol. The highest BCUT2D eigenvalue weighted by molar-refractivity contribution is 6.33. The summed E-state index contributed by atoms with van der Waals surface area (Å²) in [6, 6.07) is 4.97. The quantitative estimate of drug-likeness (QED) is 0.901. The Morgan fingerprint density at radius 1 is 1.50 bits per heavy atom. The van der Waals surface area contributed by atoms with Gasteiger partial charge in [-0.2, -0.15) is 0 Å². The maximum Gasteiger partial charge on any atom is 0.321 e. The number of carbonyl (C=O) groups excluding carboxylic acids is 1. The largest absolute Gasteiger partial charge is 0.497 e. The number of aliphatic hydroxyl groups excluding tert-OH is 1. The van der Waals surface area contributed by atoms with Crippen molar-refractivity contribution >= 4 is 23.3 Å². The van der Waals surface area contributed by atoms with E-state index in [0.717, 1.165) is 12.8 Å². The van der Waals surface area contributed by atoms with Gasteiger partial charge in [-0.3, -0.25) is 0 Å². The van der Waals surface area contributed by atoms with Crippen LogP contribution in [-0.4, -0.2) is 42.8 Å². The molecule has 2 amide bonds. The first-order chi connectivity index (χ1) is 9.63. The van der Waals surface area contributed by atoms with Crippen molar-refractivity contribution in [3.63, 3.8) is 0 Å². The van der Waals surface area contributed by atoms with Crippen molar-refractivity contribution in [2.45, 2.75) is 12.8 Å². The Kier molecular flexibility index (Phi) is 5.09. The summed E-state index contributed by atoms with van der Waals surface area (Å²) in [5.74, 6) is 0.959. The van der Waals surface area contributed by atoms with Gasteiger partial charge in [-0.25, -0.2) is 4.79 Å². The van der Waals surface area contributed by atoms with Gasteiger partial charge < -0.3 is 20.1 Å². The topological polar surface area (TPSA) is 61.8 Å². The standard InChI is InChI=1S/C14H19ClN2O3/c1-20-11-2-3-13(12(15)8-11)16-14(19)17-6-4-10(9-18)5-7-17/h2-3,8,10,18H,4-7,9H2,1H3,(H,16,19). The number of hydrogen-bond acceptors (Lipinski definition) is 3. The molecule has 20 heavy (non-hydrogen) atoms.